The molecule has 1 aliphatic rings. The third-order valence-corrected chi connectivity index (χ3v) is 2.35. The fourth-order valence-electron chi connectivity index (χ4n) is 1.61. The van der Waals surface area contributed by atoms with Gasteiger partial charge in [0.1, 0.15) is 0 Å². The molecule has 1 unspecified atom stereocenters. The van der Waals surface area contributed by atoms with Gasteiger partial charge >= 0.3 is 0 Å². The van der Waals surface area contributed by atoms with E-state index in [1.807, 2.05) is 0 Å². The van der Waals surface area contributed by atoms with Gasteiger partial charge in [0.2, 0.25) is 0 Å². The summed E-state index contributed by atoms with van der Waals surface area (Å²) < 4.78 is 0. The summed E-state index contributed by atoms with van der Waals surface area (Å²) >= 11 is 0. The molecule has 2 N–H and O–H groups in total. The van der Waals surface area contributed by atoms with Gasteiger partial charge in [0.05, 0.1) is 0 Å². The first kappa shape index (κ1) is 7.56. The highest BCUT2D eigenvalue weighted by Crippen LogP contribution is 2.05. The van der Waals surface area contributed by atoms with Crippen molar-refractivity contribution in [3.63, 3.8) is 0 Å². The van der Waals surface area contributed by atoms with Gasteiger partial charge in [-0.05, 0) is 29.3 Å². The Labute approximate surface area is 72.2 Å². The quantitative estimate of drug-likeness (QED) is 0.623. The van der Waals surface area contributed by atoms with Crippen LogP contribution in [0.25, 0.3) is 12.2 Å². The van der Waals surface area contributed by atoms with Crippen LogP contribution in [-0.2, 0) is 0 Å². The van der Waals surface area contributed by atoms with Gasteiger partial charge in [-0.25, -0.2) is 0 Å². The van der Waals surface area contributed by atoms with Crippen LogP contribution in [-0.4, -0.2) is 6.54 Å². The van der Waals surface area contributed by atoms with Crippen molar-refractivity contribution in [1.29, 1.82) is 0 Å². The molecule has 2 rings (SSSR count). The molecule has 0 heterocycles. The molecule has 12 heavy (non-hydrogen) atoms. The molecule has 0 spiro atoms. The second-order valence-electron chi connectivity index (χ2n) is 3.23. The van der Waals surface area contributed by atoms with E-state index in [0.29, 0.717) is 5.92 Å². The van der Waals surface area contributed by atoms with E-state index in [-0.39, 0.29) is 0 Å². The summed E-state index contributed by atoms with van der Waals surface area (Å²) in [6.45, 7) is 0.755. The normalized spacial score (nSPS) is 20.6. The zero-order valence-electron chi connectivity index (χ0n) is 7.03. The molecule has 0 aliphatic heterocycles. The average molecular weight is 159 g/mol. The lowest BCUT2D eigenvalue weighted by atomic mass is 9.98. The van der Waals surface area contributed by atoms with Crippen molar-refractivity contribution >= 4 is 12.2 Å². The average Bonchev–Trinajstić information content (AvgIpc) is 2.17. The Morgan fingerprint density at radius 2 is 2.00 bits per heavy atom. The van der Waals surface area contributed by atoms with Crippen LogP contribution in [0.1, 0.15) is 6.42 Å². The molecule has 1 heteroatoms. The highest BCUT2D eigenvalue weighted by molar-refractivity contribution is 5.40. The first-order chi connectivity index (χ1) is 5.90. The molecule has 0 saturated carbocycles. The van der Waals surface area contributed by atoms with Crippen molar-refractivity contribution in [1.82, 2.24) is 0 Å². The lowest BCUT2D eigenvalue weighted by Gasteiger charge is -2.10. The molecule has 1 nitrogen and oxygen atoms in total. The zero-order chi connectivity index (χ0) is 8.39. The smallest absolute Gasteiger partial charge is 0.00109 e. The van der Waals surface area contributed by atoms with E-state index in [1.165, 1.54) is 10.4 Å². The van der Waals surface area contributed by atoms with Gasteiger partial charge in [0.15, 0.2) is 0 Å². The number of hydrogen-bond acceptors (Lipinski definition) is 1. The van der Waals surface area contributed by atoms with E-state index in [1.54, 1.807) is 0 Å². The van der Waals surface area contributed by atoms with Gasteiger partial charge < -0.3 is 5.73 Å². The highest BCUT2D eigenvalue weighted by Gasteiger charge is 2.03. The molecular formula is C11H13N. The largest absolute Gasteiger partial charge is 0.330 e. The Hall–Kier alpha value is -1.08. The number of hydrogen-bond donors (Lipinski definition) is 1. The van der Waals surface area contributed by atoms with E-state index >= 15 is 0 Å². The van der Waals surface area contributed by atoms with Crippen molar-refractivity contribution in [3.05, 3.63) is 34.7 Å². The predicted molar refractivity (Wildman–Crippen MR) is 51.8 cm³/mol. The summed E-state index contributed by atoms with van der Waals surface area (Å²) in [6.07, 6.45) is 5.63. The van der Waals surface area contributed by atoms with Gasteiger partial charge in [0, 0.05) is 0 Å². The van der Waals surface area contributed by atoms with E-state index in [2.05, 4.69) is 36.4 Å². The first-order valence-electron chi connectivity index (χ1n) is 4.37. The molecule has 1 aliphatic carbocycles. The van der Waals surface area contributed by atoms with Crippen LogP contribution in [0.5, 0.6) is 0 Å². The topological polar surface area (TPSA) is 26.0 Å². The third kappa shape index (κ3) is 1.28. The molecule has 0 bridgehead atoms. The highest BCUT2D eigenvalue weighted by atomic mass is 14.5. The molecule has 0 saturated heterocycles. The Kier molecular flexibility index (Phi) is 1.96. The van der Waals surface area contributed by atoms with Gasteiger partial charge in [-0.2, -0.15) is 0 Å². The minimum atomic E-state index is 0.542. The van der Waals surface area contributed by atoms with Crippen LogP contribution < -0.4 is 16.2 Å². The molecule has 1 atom stereocenters. The summed E-state index contributed by atoms with van der Waals surface area (Å²) in [4.78, 5) is 0. The van der Waals surface area contributed by atoms with Crippen molar-refractivity contribution in [2.75, 3.05) is 6.54 Å². The Morgan fingerprint density at radius 1 is 1.25 bits per heavy atom. The molecule has 0 aromatic heterocycles. The number of benzene rings is 1. The van der Waals surface area contributed by atoms with Gasteiger partial charge in [-0.3, -0.25) is 0 Å². The van der Waals surface area contributed by atoms with Crippen molar-refractivity contribution < 1.29 is 0 Å². The van der Waals surface area contributed by atoms with Crippen molar-refractivity contribution in [3.8, 4) is 0 Å². The van der Waals surface area contributed by atoms with E-state index in [0.717, 1.165) is 13.0 Å². The molecular weight excluding hydrogens is 146 g/mol. The standard InChI is InChI=1S/C11H13N/c12-8-9-5-6-10-3-1-2-4-11(10)7-9/h1-4,6-7,9H,5,8,12H2. The third-order valence-electron chi connectivity index (χ3n) is 2.35. The van der Waals surface area contributed by atoms with Crippen LogP contribution in [0.15, 0.2) is 24.3 Å². The molecule has 0 amide bonds. The number of rotatable bonds is 1. The summed E-state index contributed by atoms with van der Waals surface area (Å²) in [5.74, 6) is 0.542. The fourth-order valence-corrected chi connectivity index (χ4v) is 1.61. The second kappa shape index (κ2) is 3.11. The van der Waals surface area contributed by atoms with Gasteiger partial charge in [-0.15, -0.1) is 0 Å². The molecule has 1 aromatic carbocycles. The van der Waals surface area contributed by atoms with E-state index < -0.39 is 0 Å². The lowest BCUT2D eigenvalue weighted by Crippen LogP contribution is -2.30. The summed E-state index contributed by atoms with van der Waals surface area (Å²) in [7, 11) is 0. The SMILES string of the molecule is NCC1C=c2ccccc2=CC1. The molecule has 1 aromatic rings. The van der Waals surface area contributed by atoms with Crippen LogP contribution in [0, 0.1) is 5.92 Å². The minimum Gasteiger partial charge on any atom is -0.330 e. The maximum Gasteiger partial charge on any atom is -0.00109 e. The van der Waals surface area contributed by atoms with Crippen LogP contribution in [0.3, 0.4) is 0 Å². The zero-order valence-corrected chi connectivity index (χ0v) is 7.03. The second-order valence-corrected chi connectivity index (χ2v) is 3.23. The maximum atomic E-state index is 5.61. The fraction of sp³-hybridized carbons (Fsp3) is 0.273. The van der Waals surface area contributed by atoms with Crippen LogP contribution in [0.4, 0.5) is 0 Å². The maximum absolute atomic E-state index is 5.61. The van der Waals surface area contributed by atoms with E-state index in [9.17, 15) is 0 Å². The van der Waals surface area contributed by atoms with Crippen molar-refractivity contribution in [2.45, 2.75) is 6.42 Å². The monoisotopic (exact) mass is 159 g/mol. The Bertz CT molecular complexity index is 378. The molecule has 0 radical (unpaired) electrons. The first-order valence-corrected chi connectivity index (χ1v) is 4.37. The van der Waals surface area contributed by atoms with Crippen LogP contribution >= 0.6 is 0 Å². The number of fused-ring (bicyclic) bond motifs is 1. The van der Waals surface area contributed by atoms with Crippen LogP contribution in [0.2, 0.25) is 0 Å². The van der Waals surface area contributed by atoms with Gasteiger partial charge in [-0.1, -0.05) is 36.4 Å². The minimum absolute atomic E-state index is 0.542. The predicted octanol–water partition coefficient (Wildman–Crippen LogP) is 0.226. The summed E-state index contributed by atoms with van der Waals surface area (Å²) in [5.41, 5.74) is 5.61. The van der Waals surface area contributed by atoms with Crippen molar-refractivity contribution in [2.24, 2.45) is 11.7 Å². The number of nitrogens with two attached hydrogens (primary N) is 1. The Balaban J connectivity index is 2.56. The molecule has 62 valence electrons. The van der Waals surface area contributed by atoms with Gasteiger partial charge in [0.25, 0.3) is 0 Å². The molecule has 0 fully saturated rings. The summed E-state index contributed by atoms with van der Waals surface area (Å²) in [5, 5.41) is 2.68. The van der Waals surface area contributed by atoms with E-state index in [4.69, 9.17) is 5.73 Å². The summed E-state index contributed by atoms with van der Waals surface area (Å²) in [6, 6.07) is 8.44. The lowest BCUT2D eigenvalue weighted by molar-refractivity contribution is 0.721. The Morgan fingerprint density at radius 3 is 2.75 bits per heavy atom.